The fourth-order valence-electron chi connectivity index (χ4n) is 2.60. The van der Waals surface area contributed by atoms with Crippen molar-refractivity contribution in [2.45, 2.75) is 13.3 Å². The fourth-order valence-corrected chi connectivity index (χ4v) is 2.60. The van der Waals surface area contributed by atoms with Crippen molar-refractivity contribution in [3.8, 4) is 0 Å². The maximum absolute atomic E-state index is 12.5. The number of carbonyl (C=O) groups is 3. The standard InChI is InChI=1S/C17H12O4/c1-9-2-4-11-13(6-9)17(21)14-7-10(8-15(18)19)3-5-12(14)16(11)20/h2-7H,8H2,1H3,(H,18,19). The lowest BCUT2D eigenvalue weighted by atomic mass is 9.82. The van der Waals surface area contributed by atoms with E-state index in [2.05, 4.69) is 0 Å². The summed E-state index contributed by atoms with van der Waals surface area (Å²) in [5.41, 5.74) is 2.84. The Kier molecular flexibility index (Phi) is 2.94. The highest BCUT2D eigenvalue weighted by Gasteiger charge is 2.29. The van der Waals surface area contributed by atoms with Crippen molar-refractivity contribution in [3.63, 3.8) is 0 Å². The number of carbonyl (C=O) groups excluding carboxylic acids is 2. The number of aliphatic carboxylic acids is 1. The molecule has 0 aromatic heterocycles. The van der Waals surface area contributed by atoms with E-state index < -0.39 is 5.97 Å². The predicted molar refractivity (Wildman–Crippen MR) is 75.8 cm³/mol. The molecule has 104 valence electrons. The van der Waals surface area contributed by atoms with Crippen molar-refractivity contribution < 1.29 is 19.5 Å². The molecule has 0 aliphatic heterocycles. The Morgan fingerprint density at radius 3 is 2.14 bits per heavy atom. The second kappa shape index (κ2) is 4.66. The molecule has 0 atom stereocenters. The number of benzene rings is 2. The minimum atomic E-state index is -0.972. The first-order valence-corrected chi connectivity index (χ1v) is 6.52. The summed E-state index contributed by atoms with van der Waals surface area (Å²) in [6.07, 6.45) is -0.171. The largest absolute Gasteiger partial charge is 0.481 e. The van der Waals surface area contributed by atoms with Crippen molar-refractivity contribution in [1.29, 1.82) is 0 Å². The van der Waals surface area contributed by atoms with Crippen LogP contribution in [0.25, 0.3) is 0 Å². The normalized spacial score (nSPS) is 12.8. The number of ketones is 2. The van der Waals surface area contributed by atoms with Crippen molar-refractivity contribution in [3.05, 3.63) is 69.8 Å². The lowest BCUT2D eigenvalue weighted by molar-refractivity contribution is -0.136. The second-order valence-corrected chi connectivity index (χ2v) is 5.16. The van der Waals surface area contributed by atoms with Gasteiger partial charge in [0.05, 0.1) is 6.42 Å². The fraction of sp³-hybridized carbons (Fsp3) is 0.118. The summed E-state index contributed by atoms with van der Waals surface area (Å²) in [7, 11) is 0. The van der Waals surface area contributed by atoms with Crippen molar-refractivity contribution >= 4 is 17.5 Å². The molecule has 21 heavy (non-hydrogen) atoms. The van der Waals surface area contributed by atoms with Gasteiger partial charge in [-0.05, 0) is 24.6 Å². The number of carboxylic acid groups (broad SMARTS) is 1. The van der Waals surface area contributed by atoms with Gasteiger partial charge < -0.3 is 5.11 Å². The Morgan fingerprint density at radius 1 is 0.905 bits per heavy atom. The highest BCUT2D eigenvalue weighted by molar-refractivity contribution is 6.28. The van der Waals surface area contributed by atoms with Gasteiger partial charge in [0.15, 0.2) is 11.6 Å². The molecule has 0 unspecified atom stereocenters. The van der Waals surface area contributed by atoms with Gasteiger partial charge in [0.2, 0.25) is 0 Å². The van der Waals surface area contributed by atoms with E-state index in [-0.39, 0.29) is 23.6 Å². The third kappa shape index (κ3) is 2.14. The maximum atomic E-state index is 12.5. The summed E-state index contributed by atoms with van der Waals surface area (Å²) in [5.74, 6) is -1.39. The Hall–Kier alpha value is -2.75. The summed E-state index contributed by atoms with van der Waals surface area (Å²) in [4.78, 5) is 35.7. The number of aryl methyl sites for hydroxylation is 1. The van der Waals surface area contributed by atoms with Crippen molar-refractivity contribution in [1.82, 2.24) is 0 Å². The number of hydrogen-bond donors (Lipinski definition) is 1. The van der Waals surface area contributed by atoms with Crippen LogP contribution in [0.15, 0.2) is 36.4 Å². The van der Waals surface area contributed by atoms with Gasteiger partial charge in [0.1, 0.15) is 0 Å². The molecule has 0 saturated carbocycles. The summed E-state index contributed by atoms with van der Waals surface area (Å²) < 4.78 is 0. The topological polar surface area (TPSA) is 71.4 Å². The van der Waals surface area contributed by atoms with Crippen LogP contribution in [0.5, 0.6) is 0 Å². The lowest BCUT2D eigenvalue weighted by Crippen LogP contribution is -2.21. The zero-order chi connectivity index (χ0) is 15.1. The smallest absolute Gasteiger partial charge is 0.307 e. The van der Waals surface area contributed by atoms with Crippen LogP contribution in [0.4, 0.5) is 0 Å². The van der Waals surface area contributed by atoms with E-state index in [1.807, 2.05) is 6.92 Å². The second-order valence-electron chi connectivity index (χ2n) is 5.16. The SMILES string of the molecule is Cc1ccc2c(c1)C(=O)c1cc(CC(=O)O)ccc1C2=O. The van der Waals surface area contributed by atoms with Crippen LogP contribution < -0.4 is 0 Å². The first-order chi connectivity index (χ1) is 9.97. The predicted octanol–water partition coefficient (Wildman–Crippen LogP) is 2.40. The van der Waals surface area contributed by atoms with Crippen LogP contribution in [0.2, 0.25) is 0 Å². The molecule has 1 N–H and O–H groups in total. The van der Waals surface area contributed by atoms with Gasteiger partial charge in [-0.1, -0.05) is 29.8 Å². The zero-order valence-electron chi connectivity index (χ0n) is 11.3. The van der Waals surface area contributed by atoms with Gasteiger partial charge in [-0.2, -0.15) is 0 Å². The average Bonchev–Trinajstić information content (AvgIpc) is 2.44. The average molecular weight is 280 g/mol. The van der Waals surface area contributed by atoms with E-state index in [1.165, 1.54) is 12.1 Å². The van der Waals surface area contributed by atoms with Gasteiger partial charge >= 0.3 is 5.97 Å². The molecule has 0 fully saturated rings. The lowest BCUT2D eigenvalue weighted by Gasteiger charge is -2.18. The number of hydrogen-bond acceptors (Lipinski definition) is 3. The van der Waals surface area contributed by atoms with Crippen LogP contribution >= 0.6 is 0 Å². The quantitative estimate of drug-likeness (QED) is 0.782. The highest BCUT2D eigenvalue weighted by Crippen LogP contribution is 2.28. The molecule has 1 aliphatic rings. The Bertz CT molecular complexity index is 802. The van der Waals surface area contributed by atoms with E-state index >= 15 is 0 Å². The summed E-state index contributed by atoms with van der Waals surface area (Å²) in [6, 6.07) is 9.79. The highest BCUT2D eigenvalue weighted by atomic mass is 16.4. The first-order valence-electron chi connectivity index (χ1n) is 6.52. The molecular formula is C17H12O4. The Labute approximate surface area is 121 Å². The monoisotopic (exact) mass is 280 g/mol. The molecule has 3 rings (SSSR count). The molecule has 0 radical (unpaired) electrons. The van der Waals surface area contributed by atoms with Gasteiger partial charge in [-0.25, -0.2) is 0 Å². The van der Waals surface area contributed by atoms with E-state index in [0.717, 1.165) is 5.56 Å². The molecule has 0 bridgehead atoms. The van der Waals surface area contributed by atoms with Crippen LogP contribution in [0.3, 0.4) is 0 Å². The Balaban J connectivity index is 2.16. The van der Waals surface area contributed by atoms with Gasteiger partial charge in [0.25, 0.3) is 0 Å². The minimum Gasteiger partial charge on any atom is -0.481 e. The van der Waals surface area contributed by atoms with E-state index in [1.54, 1.807) is 24.3 Å². The maximum Gasteiger partial charge on any atom is 0.307 e. The van der Waals surface area contributed by atoms with E-state index in [0.29, 0.717) is 22.3 Å². The minimum absolute atomic E-state index is 0.171. The van der Waals surface area contributed by atoms with Crippen LogP contribution in [-0.2, 0) is 11.2 Å². The van der Waals surface area contributed by atoms with Crippen molar-refractivity contribution in [2.75, 3.05) is 0 Å². The van der Waals surface area contributed by atoms with Crippen LogP contribution in [-0.4, -0.2) is 22.6 Å². The van der Waals surface area contributed by atoms with Crippen molar-refractivity contribution in [2.24, 2.45) is 0 Å². The zero-order valence-corrected chi connectivity index (χ0v) is 11.3. The molecule has 4 nitrogen and oxygen atoms in total. The number of rotatable bonds is 2. The van der Waals surface area contributed by atoms with Crippen LogP contribution in [0, 0.1) is 6.92 Å². The summed E-state index contributed by atoms with van der Waals surface area (Å²) in [5, 5.41) is 8.83. The van der Waals surface area contributed by atoms with Crippen LogP contribution in [0.1, 0.15) is 43.0 Å². The van der Waals surface area contributed by atoms with Gasteiger partial charge in [-0.3, -0.25) is 14.4 Å². The molecular weight excluding hydrogens is 268 g/mol. The molecule has 0 heterocycles. The molecule has 0 spiro atoms. The van der Waals surface area contributed by atoms with Gasteiger partial charge in [0, 0.05) is 22.3 Å². The van der Waals surface area contributed by atoms with E-state index in [9.17, 15) is 14.4 Å². The molecule has 1 aliphatic carbocycles. The first kappa shape index (κ1) is 13.2. The third-order valence-electron chi connectivity index (χ3n) is 3.59. The number of fused-ring (bicyclic) bond motifs is 2. The molecule has 4 heteroatoms. The summed E-state index contributed by atoms with van der Waals surface area (Å²) in [6.45, 7) is 1.86. The molecule has 0 amide bonds. The third-order valence-corrected chi connectivity index (χ3v) is 3.59. The number of carboxylic acids is 1. The molecule has 0 saturated heterocycles. The molecule has 2 aromatic rings. The summed E-state index contributed by atoms with van der Waals surface area (Å²) >= 11 is 0. The van der Waals surface area contributed by atoms with Gasteiger partial charge in [-0.15, -0.1) is 0 Å². The van der Waals surface area contributed by atoms with E-state index in [4.69, 9.17) is 5.11 Å². The molecule has 2 aromatic carbocycles. The Morgan fingerprint density at radius 2 is 1.48 bits per heavy atom.